The molecule has 0 bridgehead atoms. The van der Waals surface area contributed by atoms with E-state index in [1.807, 2.05) is 13.1 Å². The maximum atomic E-state index is 11.6. The van der Waals surface area contributed by atoms with Gasteiger partial charge in [-0.25, -0.2) is 0 Å². The van der Waals surface area contributed by atoms with Crippen LogP contribution in [-0.4, -0.2) is 26.0 Å². The molecule has 0 saturated heterocycles. The summed E-state index contributed by atoms with van der Waals surface area (Å²) in [4.78, 5) is 13.3. The van der Waals surface area contributed by atoms with Gasteiger partial charge in [-0.15, -0.1) is 0 Å². The molecule has 0 fully saturated rings. The van der Waals surface area contributed by atoms with E-state index in [0.29, 0.717) is 6.42 Å². The minimum absolute atomic E-state index is 0.179. The fourth-order valence-corrected chi connectivity index (χ4v) is 2.26. The number of anilines is 1. The number of likely N-dealkylation sites (N-methyl/N-ethyl adjacent to an activating group) is 1. The summed E-state index contributed by atoms with van der Waals surface area (Å²) in [5.41, 5.74) is 8.88. The summed E-state index contributed by atoms with van der Waals surface area (Å²) in [6, 6.07) is 6.26. The Morgan fingerprint density at radius 1 is 1.39 bits per heavy atom. The highest BCUT2D eigenvalue weighted by atomic mass is 16.2. The van der Waals surface area contributed by atoms with Gasteiger partial charge >= 0.3 is 0 Å². The molecule has 0 unspecified atom stereocenters. The van der Waals surface area contributed by atoms with Gasteiger partial charge in [-0.2, -0.15) is 0 Å². The summed E-state index contributed by atoms with van der Waals surface area (Å²) in [6.07, 6.45) is 2.71. The number of nitrogens with zero attached hydrogens (tertiary/aromatic N) is 1. The number of hydrogen-bond acceptors (Lipinski definition) is 3. The number of carbonyl (C=O) groups excluding carboxylic acids is 1. The highest BCUT2D eigenvalue weighted by Gasteiger charge is 2.23. The molecule has 0 radical (unpaired) electrons. The number of nitrogens with one attached hydrogen (secondary N) is 1. The van der Waals surface area contributed by atoms with E-state index < -0.39 is 0 Å². The van der Waals surface area contributed by atoms with Crippen LogP contribution in [0.5, 0.6) is 0 Å². The Hall–Kier alpha value is -1.39. The fourth-order valence-electron chi connectivity index (χ4n) is 2.26. The van der Waals surface area contributed by atoms with E-state index in [-0.39, 0.29) is 5.91 Å². The minimum Gasteiger partial charge on any atom is -0.330 e. The zero-order chi connectivity index (χ0) is 13.0. The number of unbranched alkanes of at least 4 members (excludes halogenated alkanes) is 1. The Balaban J connectivity index is 1.89. The average Bonchev–Trinajstić information content (AvgIpc) is 2.65. The number of benzene rings is 1. The van der Waals surface area contributed by atoms with Crippen LogP contribution in [0.15, 0.2) is 18.2 Å². The Bertz CT molecular complexity index is 431. The van der Waals surface area contributed by atoms with Gasteiger partial charge in [0.2, 0.25) is 5.91 Å². The average molecular weight is 247 g/mol. The van der Waals surface area contributed by atoms with Crippen molar-refractivity contribution in [3.63, 3.8) is 0 Å². The SMILES string of the molecule is CN1C(=O)Cc2cc(CNCCCCN)ccc21. The van der Waals surface area contributed by atoms with Gasteiger partial charge in [0.05, 0.1) is 6.42 Å². The first-order valence-electron chi connectivity index (χ1n) is 6.51. The van der Waals surface area contributed by atoms with Gasteiger partial charge in [-0.1, -0.05) is 12.1 Å². The third kappa shape index (κ3) is 2.89. The molecule has 0 aliphatic carbocycles. The van der Waals surface area contributed by atoms with E-state index in [1.165, 1.54) is 5.56 Å². The molecule has 2 rings (SSSR count). The molecule has 4 nitrogen and oxygen atoms in total. The van der Waals surface area contributed by atoms with Crippen molar-refractivity contribution >= 4 is 11.6 Å². The van der Waals surface area contributed by atoms with Gasteiger partial charge in [-0.05, 0) is 43.1 Å². The molecule has 1 amide bonds. The predicted octanol–water partition coefficient (Wildman–Crippen LogP) is 1.03. The van der Waals surface area contributed by atoms with Crippen LogP contribution in [0.4, 0.5) is 5.69 Å². The van der Waals surface area contributed by atoms with Crippen LogP contribution in [-0.2, 0) is 17.8 Å². The van der Waals surface area contributed by atoms with Crippen molar-refractivity contribution in [1.82, 2.24) is 5.32 Å². The monoisotopic (exact) mass is 247 g/mol. The van der Waals surface area contributed by atoms with Crippen molar-refractivity contribution in [3.05, 3.63) is 29.3 Å². The van der Waals surface area contributed by atoms with Crippen molar-refractivity contribution in [2.45, 2.75) is 25.8 Å². The van der Waals surface area contributed by atoms with E-state index >= 15 is 0 Å². The molecular formula is C14H21N3O. The number of fused-ring (bicyclic) bond motifs is 1. The molecule has 4 heteroatoms. The lowest BCUT2D eigenvalue weighted by atomic mass is 10.1. The molecular weight excluding hydrogens is 226 g/mol. The third-order valence-electron chi connectivity index (χ3n) is 3.36. The predicted molar refractivity (Wildman–Crippen MR) is 73.6 cm³/mol. The normalized spacial score (nSPS) is 14.1. The van der Waals surface area contributed by atoms with Gasteiger partial charge in [0.25, 0.3) is 0 Å². The largest absolute Gasteiger partial charge is 0.330 e. The quantitative estimate of drug-likeness (QED) is 0.738. The molecule has 1 aliphatic rings. The molecule has 98 valence electrons. The number of rotatable bonds is 6. The maximum Gasteiger partial charge on any atom is 0.231 e. The van der Waals surface area contributed by atoms with Crippen LogP contribution in [0.1, 0.15) is 24.0 Å². The van der Waals surface area contributed by atoms with Crippen molar-refractivity contribution in [3.8, 4) is 0 Å². The first-order valence-corrected chi connectivity index (χ1v) is 6.51. The maximum absolute atomic E-state index is 11.6. The Morgan fingerprint density at radius 2 is 2.22 bits per heavy atom. The van der Waals surface area contributed by atoms with E-state index in [2.05, 4.69) is 17.4 Å². The lowest BCUT2D eigenvalue weighted by molar-refractivity contribution is -0.117. The topological polar surface area (TPSA) is 58.4 Å². The highest BCUT2D eigenvalue weighted by molar-refractivity contribution is 6.00. The minimum atomic E-state index is 0.179. The zero-order valence-electron chi connectivity index (χ0n) is 10.9. The number of hydrogen-bond donors (Lipinski definition) is 2. The second-order valence-electron chi connectivity index (χ2n) is 4.77. The van der Waals surface area contributed by atoms with Crippen LogP contribution in [0.3, 0.4) is 0 Å². The first kappa shape index (κ1) is 13.1. The summed E-state index contributed by atoms with van der Waals surface area (Å²) in [6.45, 7) is 2.61. The molecule has 0 spiro atoms. The van der Waals surface area contributed by atoms with Crippen LogP contribution < -0.4 is 16.0 Å². The summed E-state index contributed by atoms with van der Waals surface area (Å²) in [5.74, 6) is 0.179. The molecule has 0 atom stereocenters. The van der Waals surface area contributed by atoms with E-state index in [1.54, 1.807) is 4.90 Å². The Morgan fingerprint density at radius 3 is 3.00 bits per heavy atom. The zero-order valence-corrected chi connectivity index (χ0v) is 10.9. The summed E-state index contributed by atoms with van der Waals surface area (Å²) < 4.78 is 0. The van der Waals surface area contributed by atoms with Crippen LogP contribution in [0.25, 0.3) is 0 Å². The fraction of sp³-hybridized carbons (Fsp3) is 0.500. The molecule has 1 heterocycles. The Kier molecular flexibility index (Phi) is 4.33. The van der Waals surface area contributed by atoms with Crippen molar-refractivity contribution in [1.29, 1.82) is 0 Å². The van der Waals surface area contributed by atoms with Gasteiger partial charge < -0.3 is 16.0 Å². The van der Waals surface area contributed by atoms with Gasteiger partial charge in [-0.3, -0.25) is 4.79 Å². The van der Waals surface area contributed by atoms with E-state index in [9.17, 15) is 4.79 Å². The smallest absolute Gasteiger partial charge is 0.231 e. The number of carbonyl (C=O) groups is 1. The summed E-state index contributed by atoms with van der Waals surface area (Å²) in [5, 5.41) is 3.40. The molecule has 0 saturated carbocycles. The summed E-state index contributed by atoms with van der Waals surface area (Å²) in [7, 11) is 1.83. The van der Waals surface area contributed by atoms with Crippen molar-refractivity contribution in [2.24, 2.45) is 5.73 Å². The van der Waals surface area contributed by atoms with Crippen LogP contribution in [0.2, 0.25) is 0 Å². The Labute approximate surface area is 108 Å². The van der Waals surface area contributed by atoms with Gasteiger partial charge in [0.15, 0.2) is 0 Å². The van der Waals surface area contributed by atoms with Crippen LogP contribution in [0, 0.1) is 0 Å². The first-order chi connectivity index (χ1) is 8.72. The molecule has 1 aliphatic heterocycles. The van der Waals surface area contributed by atoms with Crippen molar-refractivity contribution < 1.29 is 4.79 Å². The summed E-state index contributed by atoms with van der Waals surface area (Å²) >= 11 is 0. The molecule has 1 aromatic rings. The lowest BCUT2D eigenvalue weighted by Crippen LogP contribution is -2.20. The van der Waals surface area contributed by atoms with E-state index in [4.69, 9.17) is 5.73 Å². The number of amides is 1. The molecule has 3 N–H and O–H groups in total. The third-order valence-corrected chi connectivity index (χ3v) is 3.36. The molecule has 1 aromatic carbocycles. The van der Waals surface area contributed by atoms with Gasteiger partial charge in [0.1, 0.15) is 0 Å². The second kappa shape index (κ2) is 5.98. The van der Waals surface area contributed by atoms with Crippen molar-refractivity contribution in [2.75, 3.05) is 25.0 Å². The second-order valence-corrected chi connectivity index (χ2v) is 4.77. The molecule has 0 aromatic heterocycles. The lowest BCUT2D eigenvalue weighted by Gasteiger charge is -2.11. The molecule has 18 heavy (non-hydrogen) atoms. The standard InChI is InChI=1S/C14H21N3O/c1-17-13-5-4-11(8-12(13)9-14(17)18)10-16-7-3-2-6-15/h4-5,8,16H,2-3,6-7,9-10,15H2,1H3. The highest BCUT2D eigenvalue weighted by Crippen LogP contribution is 2.28. The van der Waals surface area contributed by atoms with Crippen LogP contribution >= 0.6 is 0 Å². The van der Waals surface area contributed by atoms with E-state index in [0.717, 1.165) is 43.7 Å². The number of nitrogens with two attached hydrogens (primary N) is 1. The van der Waals surface area contributed by atoms with Gasteiger partial charge in [0, 0.05) is 19.3 Å².